The van der Waals surface area contributed by atoms with E-state index in [0.717, 1.165) is 0 Å². The molecule has 0 aliphatic carbocycles. The number of nitrogens with two attached hydrogens (primary N) is 1. The average molecular weight is 249 g/mol. The summed E-state index contributed by atoms with van der Waals surface area (Å²) in [5, 5.41) is 10.6. The van der Waals surface area contributed by atoms with E-state index in [4.69, 9.17) is 5.84 Å². The zero-order valence-corrected chi connectivity index (χ0v) is 9.53. The standard InChI is InChI=1S/C10H11N5O3/c1-6(10(16)13-11)14-5-12-8-4-7(15(17)18)2-3-9(8)14/h2-6H,11H2,1H3,(H,13,16). The van der Waals surface area contributed by atoms with E-state index < -0.39 is 11.0 Å². The molecule has 0 saturated carbocycles. The van der Waals surface area contributed by atoms with Gasteiger partial charge in [-0.05, 0) is 13.0 Å². The van der Waals surface area contributed by atoms with E-state index in [1.807, 2.05) is 0 Å². The van der Waals surface area contributed by atoms with Crippen molar-refractivity contribution < 1.29 is 9.72 Å². The van der Waals surface area contributed by atoms with Crippen LogP contribution in [0.3, 0.4) is 0 Å². The van der Waals surface area contributed by atoms with E-state index in [1.165, 1.54) is 18.5 Å². The van der Waals surface area contributed by atoms with Crippen LogP contribution in [-0.2, 0) is 4.79 Å². The lowest BCUT2D eigenvalue weighted by atomic mass is 10.2. The van der Waals surface area contributed by atoms with Gasteiger partial charge in [0.1, 0.15) is 6.04 Å². The monoisotopic (exact) mass is 249 g/mol. The maximum atomic E-state index is 11.4. The lowest BCUT2D eigenvalue weighted by Crippen LogP contribution is -2.35. The molecule has 0 spiro atoms. The normalized spacial score (nSPS) is 12.3. The number of nitrogens with one attached hydrogen (secondary N) is 1. The molecule has 1 unspecified atom stereocenters. The Labute approximate surface area is 102 Å². The van der Waals surface area contributed by atoms with Crippen LogP contribution in [0.15, 0.2) is 24.5 Å². The number of carbonyl (C=O) groups excluding carboxylic acids is 1. The van der Waals surface area contributed by atoms with Crippen molar-refractivity contribution in [1.29, 1.82) is 0 Å². The number of hydrogen-bond donors (Lipinski definition) is 2. The molecule has 0 aliphatic heterocycles. The molecule has 1 heterocycles. The van der Waals surface area contributed by atoms with Crippen molar-refractivity contribution in [3.63, 3.8) is 0 Å². The molecule has 2 aromatic rings. The second-order valence-electron chi connectivity index (χ2n) is 3.77. The number of carbonyl (C=O) groups is 1. The van der Waals surface area contributed by atoms with Crippen LogP contribution >= 0.6 is 0 Å². The molecule has 1 atom stereocenters. The number of hydrogen-bond acceptors (Lipinski definition) is 5. The van der Waals surface area contributed by atoms with E-state index in [-0.39, 0.29) is 11.6 Å². The number of nitro groups is 1. The number of non-ortho nitro benzene ring substituents is 1. The summed E-state index contributed by atoms with van der Waals surface area (Å²) in [5.41, 5.74) is 3.11. The van der Waals surface area contributed by atoms with Crippen molar-refractivity contribution >= 4 is 22.6 Å². The van der Waals surface area contributed by atoms with Gasteiger partial charge in [-0.3, -0.25) is 20.3 Å². The number of nitro benzene ring substituents is 1. The minimum absolute atomic E-state index is 0.0383. The fraction of sp³-hybridized carbons (Fsp3) is 0.200. The molecule has 1 aromatic heterocycles. The summed E-state index contributed by atoms with van der Waals surface area (Å²) in [5.74, 6) is 4.70. The summed E-state index contributed by atoms with van der Waals surface area (Å²) in [4.78, 5) is 25.6. The van der Waals surface area contributed by atoms with E-state index in [9.17, 15) is 14.9 Å². The highest BCUT2D eigenvalue weighted by molar-refractivity contribution is 5.84. The van der Waals surface area contributed by atoms with Crippen molar-refractivity contribution in [2.45, 2.75) is 13.0 Å². The summed E-state index contributed by atoms with van der Waals surface area (Å²) < 4.78 is 1.60. The van der Waals surface area contributed by atoms with Gasteiger partial charge in [-0.15, -0.1) is 0 Å². The lowest BCUT2D eigenvalue weighted by Gasteiger charge is -2.11. The van der Waals surface area contributed by atoms with E-state index >= 15 is 0 Å². The van der Waals surface area contributed by atoms with Crippen molar-refractivity contribution in [2.24, 2.45) is 5.84 Å². The molecule has 3 N–H and O–H groups in total. The second-order valence-corrected chi connectivity index (χ2v) is 3.77. The van der Waals surface area contributed by atoms with Crippen molar-refractivity contribution in [3.05, 3.63) is 34.6 Å². The summed E-state index contributed by atoms with van der Waals surface area (Å²) in [7, 11) is 0. The topological polar surface area (TPSA) is 116 Å². The second kappa shape index (κ2) is 4.41. The number of aromatic nitrogens is 2. The number of rotatable bonds is 3. The maximum absolute atomic E-state index is 11.4. The zero-order chi connectivity index (χ0) is 13.3. The van der Waals surface area contributed by atoms with Gasteiger partial charge >= 0.3 is 0 Å². The summed E-state index contributed by atoms with van der Waals surface area (Å²) in [6.45, 7) is 1.66. The Bertz CT molecular complexity index is 621. The van der Waals surface area contributed by atoms with Gasteiger partial charge in [-0.25, -0.2) is 10.8 Å². The molecule has 0 bridgehead atoms. The predicted octanol–water partition coefficient (Wildman–Crippen LogP) is 0.495. The van der Waals surface area contributed by atoms with Crippen molar-refractivity contribution in [3.8, 4) is 0 Å². The van der Waals surface area contributed by atoms with Crippen LogP contribution in [0.25, 0.3) is 11.0 Å². The molecule has 1 amide bonds. The Morgan fingerprint density at radius 2 is 2.33 bits per heavy atom. The Balaban J connectivity index is 2.49. The number of benzene rings is 1. The Morgan fingerprint density at radius 3 is 2.94 bits per heavy atom. The molecular weight excluding hydrogens is 238 g/mol. The van der Waals surface area contributed by atoms with Gasteiger partial charge in [0.05, 0.1) is 22.3 Å². The van der Waals surface area contributed by atoms with Crippen LogP contribution < -0.4 is 11.3 Å². The molecule has 0 saturated heterocycles. The third-order valence-electron chi connectivity index (χ3n) is 2.71. The molecule has 18 heavy (non-hydrogen) atoms. The number of hydrazine groups is 1. The number of imidazole rings is 1. The first kappa shape index (κ1) is 12.0. The summed E-state index contributed by atoms with van der Waals surface area (Å²) >= 11 is 0. The summed E-state index contributed by atoms with van der Waals surface area (Å²) in [6.07, 6.45) is 1.45. The molecule has 2 rings (SSSR count). The largest absolute Gasteiger partial charge is 0.318 e. The van der Waals surface area contributed by atoms with Crippen molar-refractivity contribution in [1.82, 2.24) is 15.0 Å². The molecule has 8 heteroatoms. The summed E-state index contributed by atoms with van der Waals surface area (Å²) in [6, 6.07) is 3.74. The van der Waals surface area contributed by atoms with E-state index in [1.54, 1.807) is 17.6 Å². The van der Waals surface area contributed by atoms with E-state index in [2.05, 4.69) is 10.4 Å². The van der Waals surface area contributed by atoms with Gasteiger partial charge in [0.2, 0.25) is 0 Å². The molecule has 0 radical (unpaired) electrons. The fourth-order valence-electron chi connectivity index (χ4n) is 1.69. The zero-order valence-electron chi connectivity index (χ0n) is 9.53. The van der Waals surface area contributed by atoms with Crippen LogP contribution in [0.2, 0.25) is 0 Å². The Hall–Kier alpha value is -2.48. The molecule has 0 fully saturated rings. The number of fused-ring (bicyclic) bond motifs is 1. The third kappa shape index (κ3) is 1.89. The molecule has 94 valence electrons. The van der Waals surface area contributed by atoms with Crippen LogP contribution in [0, 0.1) is 10.1 Å². The molecule has 1 aromatic carbocycles. The predicted molar refractivity (Wildman–Crippen MR) is 63.4 cm³/mol. The molecular formula is C10H11N5O3. The first-order valence-electron chi connectivity index (χ1n) is 5.16. The molecule has 0 aliphatic rings. The smallest absolute Gasteiger partial charge is 0.271 e. The Kier molecular flexibility index (Phi) is 2.94. The van der Waals surface area contributed by atoms with Crippen molar-refractivity contribution in [2.75, 3.05) is 0 Å². The fourth-order valence-corrected chi connectivity index (χ4v) is 1.69. The first-order valence-corrected chi connectivity index (χ1v) is 5.16. The van der Waals surface area contributed by atoms with Gasteiger partial charge in [0.15, 0.2) is 0 Å². The number of amides is 1. The average Bonchev–Trinajstić information content (AvgIpc) is 2.79. The van der Waals surface area contributed by atoms with Gasteiger partial charge < -0.3 is 4.57 Å². The highest BCUT2D eigenvalue weighted by Crippen LogP contribution is 2.22. The highest BCUT2D eigenvalue weighted by Gasteiger charge is 2.17. The van der Waals surface area contributed by atoms with Crippen LogP contribution in [-0.4, -0.2) is 20.4 Å². The first-order chi connectivity index (χ1) is 8.54. The van der Waals surface area contributed by atoms with Crippen LogP contribution in [0.1, 0.15) is 13.0 Å². The molecule has 8 nitrogen and oxygen atoms in total. The highest BCUT2D eigenvalue weighted by atomic mass is 16.6. The van der Waals surface area contributed by atoms with Gasteiger partial charge in [-0.1, -0.05) is 0 Å². The Morgan fingerprint density at radius 1 is 1.61 bits per heavy atom. The number of nitrogens with zero attached hydrogens (tertiary/aromatic N) is 3. The lowest BCUT2D eigenvalue weighted by molar-refractivity contribution is -0.384. The maximum Gasteiger partial charge on any atom is 0.271 e. The quantitative estimate of drug-likeness (QED) is 0.355. The van der Waals surface area contributed by atoms with Crippen LogP contribution in [0.5, 0.6) is 0 Å². The third-order valence-corrected chi connectivity index (χ3v) is 2.71. The minimum atomic E-state index is -0.540. The van der Waals surface area contributed by atoms with Crippen LogP contribution in [0.4, 0.5) is 5.69 Å². The van der Waals surface area contributed by atoms with Gasteiger partial charge in [0, 0.05) is 12.1 Å². The van der Waals surface area contributed by atoms with E-state index in [0.29, 0.717) is 11.0 Å². The SMILES string of the molecule is CC(C(=O)NN)n1cnc2cc([N+](=O)[O-])ccc21. The van der Waals surface area contributed by atoms with Gasteiger partial charge in [0.25, 0.3) is 11.6 Å². The minimum Gasteiger partial charge on any atom is -0.318 e. The van der Waals surface area contributed by atoms with Gasteiger partial charge in [-0.2, -0.15) is 0 Å².